The Bertz CT molecular complexity index is 1000. The molecule has 0 aliphatic carbocycles. The highest BCUT2D eigenvalue weighted by Crippen LogP contribution is 2.34. The van der Waals surface area contributed by atoms with Gasteiger partial charge in [-0.05, 0) is 50.6 Å². The Morgan fingerprint density at radius 3 is 2.40 bits per heavy atom. The van der Waals surface area contributed by atoms with Crippen molar-refractivity contribution in [3.8, 4) is 17.1 Å². The lowest BCUT2D eigenvalue weighted by molar-refractivity contribution is 0.218. The topological polar surface area (TPSA) is 64.3 Å². The molecule has 1 radical (unpaired) electrons. The van der Waals surface area contributed by atoms with E-state index in [4.69, 9.17) is 33.7 Å². The summed E-state index contributed by atoms with van der Waals surface area (Å²) < 4.78 is 5.99. The summed E-state index contributed by atoms with van der Waals surface area (Å²) in [6.45, 7) is 6.30. The first-order valence-corrected chi connectivity index (χ1v) is 10.7. The second-order valence-corrected chi connectivity index (χ2v) is 8.15. The number of nitrogen functional groups attached to an aromatic ring is 1. The van der Waals surface area contributed by atoms with E-state index in [0.29, 0.717) is 21.3 Å². The van der Waals surface area contributed by atoms with E-state index in [9.17, 15) is 0 Å². The maximum atomic E-state index is 6.30. The molecule has 1 atom stereocenters. The molecule has 5 nitrogen and oxygen atoms in total. The molecule has 0 saturated carbocycles. The third-order valence-corrected chi connectivity index (χ3v) is 5.80. The van der Waals surface area contributed by atoms with Gasteiger partial charge in [0.25, 0.3) is 5.88 Å². The van der Waals surface area contributed by atoms with Crippen molar-refractivity contribution in [1.29, 1.82) is 0 Å². The molecule has 2 N–H and O–H groups in total. The molecular weight excluding hydrogens is 419 g/mol. The zero-order chi connectivity index (χ0) is 21.1. The van der Waals surface area contributed by atoms with E-state index in [0.717, 1.165) is 18.7 Å². The molecule has 1 saturated heterocycles. The number of aromatic nitrogens is 2. The molecule has 30 heavy (non-hydrogen) atoms. The van der Waals surface area contributed by atoms with Crippen molar-refractivity contribution < 1.29 is 4.74 Å². The van der Waals surface area contributed by atoms with E-state index in [1.807, 2.05) is 19.1 Å². The SMILES string of the molecule is C[C@H](Oc1nc(-c2ccc([CH]N3CCCC3)cc2)cnc1N)c1c(Cl)cccc1Cl. The van der Waals surface area contributed by atoms with Gasteiger partial charge in [0.15, 0.2) is 5.82 Å². The minimum Gasteiger partial charge on any atom is -0.467 e. The maximum Gasteiger partial charge on any atom is 0.258 e. The largest absolute Gasteiger partial charge is 0.467 e. The predicted octanol–water partition coefficient (Wildman–Crippen LogP) is 5.78. The third-order valence-electron chi connectivity index (χ3n) is 5.14. The van der Waals surface area contributed by atoms with Gasteiger partial charge in [-0.2, -0.15) is 0 Å². The number of rotatable bonds is 6. The van der Waals surface area contributed by atoms with Gasteiger partial charge in [0, 0.05) is 21.2 Å². The molecule has 4 rings (SSSR count). The maximum absolute atomic E-state index is 6.30. The Balaban J connectivity index is 1.53. The highest BCUT2D eigenvalue weighted by atomic mass is 35.5. The van der Waals surface area contributed by atoms with Crippen LogP contribution in [0.1, 0.15) is 37.0 Å². The Hall–Kier alpha value is -2.34. The fourth-order valence-corrected chi connectivity index (χ4v) is 4.26. The summed E-state index contributed by atoms with van der Waals surface area (Å²) in [5.41, 5.74) is 9.49. The minimum atomic E-state index is -0.435. The van der Waals surface area contributed by atoms with Crippen LogP contribution >= 0.6 is 23.2 Å². The van der Waals surface area contributed by atoms with Crippen LogP contribution < -0.4 is 10.5 Å². The Kier molecular flexibility index (Phi) is 6.42. The smallest absolute Gasteiger partial charge is 0.258 e. The summed E-state index contributed by atoms with van der Waals surface area (Å²) in [5, 5.41) is 1.06. The van der Waals surface area contributed by atoms with Gasteiger partial charge in [-0.25, -0.2) is 9.97 Å². The van der Waals surface area contributed by atoms with Crippen LogP contribution in [-0.4, -0.2) is 28.0 Å². The van der Waals surface area contributed by atoms with Gasteiger partial charge in [0.05, 0.1) is 18.4 Å². The summed E-state index contributed by atoms with van der Waals surface area (Å²) >= 11 is 12.6. The van der Waals surface area contributed by atoms with E-state index in [-0.39, 0.29) is 11.7 Å². The fraction of sp³-hybridized carbons (Fsp3) is 0.261. The van der Waals surface area contributed by atoms with E-state index >= 15 is 0 Å². The van der Waals surface area contributed by atoms with Crippen molar-refractivity contribution >= 4 is 29.0 Å². The fourth-order valence-electron chi connectivity index (χ4n) is 3.55. The van der Waals surface area contributed by atoms with Gasteiger partial charge in [-0.1, -0.05) is 53.5 Å². The molecule has 0 amide bonds. The van der Waals surface area contributed by atoms with Crippen LogP contribution in [0.4, 0.5) is 5.82 Å². The van der Waals surface area contributed by atoms with Crippen LogP contribution in [0.2, 0.25) is 10.0 Å². The van der Waals surface area contributed by atoms with E-state index in [1.165, 1.54) is 18.4 Å². The number of nitrogens with two attached hydrogens (primary N) is 1. The van der Waals surface area contributed by atoms with Crippen molar-refractivity contribution in [2.75, 3.05) is 18.8 Å². The van der Waals surface area contributed by atoms with Crippen molar-refractivity contribution in [2.45, 2.75) is 25.9 Å². The van der Waals surface area contributed by atoms with Gasteiger partial charge in [-0.3, -0.25) is 4.90 Å². The highest BCUT2D eigenvalue weighted by Gasteiger charge is 2.18. The molecule has 7 heteroatoms. The first-order chi connectivity index (χ1) is 14.5. The van der Waals surface area contributed by atoms with Crippen molar-refractivity contribution in [2.24, 2.45) is 0 Å². The van der Waals surface area contributed by atoms with Crippen molar-refractivity contribution in [3.05, 3.63) is 76.4 Å². The monoisotopic (exact) mass is 441 g/mol. The molecule has 155 valence electrons. The zero-order valence-electron chi connectivity index (χ0n) is 16.7. The molecular formula is C23H23Cl2N4O. The molecule has 2 aromatic carbocycles. The van der Waals surface area contributed by atoms with Crippen LogP contribution in [0.25, 0.3) is 11.3 Å². The van der Waals surface area contributed by atoms with Crippen LogP contribution in [-0.2, 0) is 0 Å². The highest BCUT2D eigenvalue weighted by molar-refractivity contribution is 6.36. The van der Waals surface area contributed by atoms with Gasteiger partial charge >= 0.3 is 0 Å². The van der Waals surface area contributed by atoms with Crippen LogP contribution in [0.15, 0.2) is 48.7 Å². The summed E-state index contributed by atoms with van der Waals surface area (Å²) in [7, 11) is 0. The Morgan fingerprint density at radius 2 is 1.73 bits per heavy atom. The number of nitrogens with zero attached hydrogens (tertiary/aromatic N) is 3. The second-order valence-electron chi connectivity index (χ2n) is 7.34. The molecule has 0 unspecified atom stereocenters. The molecule has 1 aliphatic rings. The predicted molar refractivity (Wildman–Crippen MR) is 122 cm³/mol. The molecule has 2 heterocycles. The third kappa shape index (κ3) is 4.69. The molecule has 0 spiro atoms. The number of anilines is 1. The first-order valence-electron chi connectivity index (χ1n) is 9.93. The summed E-state index contributed by atoms with van der Waals surface area (Å²) in [5.74, 6) is 0.469. The van der Waals surface area contributed by atoms with Crippen molar-refractivity contribution in [3.63, 3.8) is 0 Å². The van der Waals surface area contributed by atoms with Crippen LogP contribution in [0.3, 0.4) is 0 Å². The Labute approximate surface area is 186 Å². The number of hydrogen-bond acceptors (Lipinski definition) is 5. The minimum absolute atomic E-state index is 0.216. The molecule has 1 aromatic heterocycles. The average Bonchev–Trinajstić information content (AvgIpc) is 3.23. The molecule has 1 fully saturated rings. The van der Waals surface area contributed by atoms with Gasteiger partial charge in [0.2, 0.25) is 0 Å². The number of ether oxygens (including phenoxy) is 1. The van der Waals surface area contributed by atoms with E-state index in [2.05, 4.69) is 33.5 Å². The lowest BCUT2D eigenvalue weighted by Crippen LogP contribution is -2.15. The van der Waals surface area contributed by atoms with Crippen LogP contribution in [0.5, 0.6) is 5.88 Å². The average molecular weight is 442 g/mol. The summed E-state index contributed by atoms with van der Waals surface area (Å²) in [4.78, 5) is 11.2. The van der Waals surface area contributed by atoms with Gasteiger partial charge in [-0.15, -0.1) is 0 Å². The lowest BCUT2D eigenvalue weighted by atomic mass is 10.1. The number of halogens is 2. The summed E-state index contributed by atoms with van der Waals surface area (Å²) in [6.07, 6.45) is 3.73. The second kappa shape index (κ2) is 9.21. The zero-order valence-corrected chi connectivity index (χ0v) is 18.2. The quantitative estimate of drug-likeness (QED) is 0.525. The van der Waals surface area contributed by atoms with Crippen molar-refractivity contribution in [1.82, 2.24) is 14.9 Å². The first kappa shape index (κ1) is 20.9. The standard InChI is InChI=1S/C23H23Cl2N4O/c1-15(21-18(24)5-4-6-19(21)25)30-23-22(26)27-13-20(28-23)17-9-7-16(8-10-17)14-29-11-2-3-12-29/h4-10,13-15H,2-3,11-12H2,1H3,(H2,26,27)/t15-/m0/s1. The number of benzene rings is 2. The number of hydrogen-bond donors (Lipinski definition) is 1. The normalized spacial score (nSPS) is 15.3. The van der Waals surface area contributed by atoms with Gasteiger partial charge < -0.3 is 10.5 Å². The Morgan fingerprint density at radius 1 is 1.07 bits per heavy atom. The number of likely N-dealkylation sites (tertiary alicyclic amines) is 1. The molecule has 3 aromatic rings. The van der Waals surface area contributed by atoms with E-state index < -0.39 is 6.10 Å². The lowest BCUT2D eigenvalue weighted by Gasteiger charge is -2.18. The van der Waals surface area contributed by atoms with E-state index in [1.54, 1.807) is 24.4 Å². The van der Waals surface area contributed by atoms with Gasteiger partial charge in [0.1, 0.15) is 6.10 Å². The summed E-state index contributed by atoms with van der Waals surface area (Å²) in [6, 6.07) is 13.6. The molecule has 0 bridgehead atoms. The van der Waals surface area contributed by atoms with Crippen LogP contribution in [0, 0.1) is 6.54 Å². The molecule has 1 aliphatic heterocycles.